The zero-order valence-electron chi connectivity index (χ0n) is 12.8. The highest BCUT2D eigenvalue weighted by Gasteiger charge is 2.12. The van der Waals surface area contributed by atoms with Crippen LogP contribution in [0.3, 0.4) is 0 Å². The van der Waals surface area contributed by atoms with Gasteiger partial charge in [-0.25, -0.2) is 9.18 Å². The van der Waals surface area contributed by atoms with Crippen LogP contribution < -0.4 is 5.32 Å². The largest absolute Gasteiger partial charge is 0.452 e. The fraction of sp³-hybridized carbons (Fsp3) is 0.222. The number of ether oxygens (including phenoxy) is 1. The number of rotatable bonds is 6. The summed E-state index contributed by atoms with van der Waals surface area (Å²) in [7, 11) is 0. The topological polar surface area (TPSA) is 55.4 Å². The van der Waals surface area contributed by atoms with Crippen molar-refractivity contribution >= 4 is 11.9 Å². The highest BCUT2D eigenvalue weighted by Crippen LogP contribution is 2.12. The number of hydrogen-bond donors (Lipinski definition) is 1. The molecule has 4 nitrogen and oxygen atoms in total. The molecule has 23 heavy (non-hydrogen) atoms. The molecule has 2 aromatic rings. The predicted molar refractivity (Wildman–Crippen MR) is 84.5 cm³/mol. The van der Waals surface area contributed by atoms with E-state index in [1.807, 2.05) is 37.3 Å². The number of carbonyl (C=O) groups is 2. The lowest BCUT2D eigenvalue weighted by molar-refractivity contribution is -0.124. The Bertz CT molecular complexity index is 673. The second kappa shape index (κ2) is 8.08. The van der Waals surface area contributed by atoms with Gasteiger partial charge in [0.2, 0.25) is 0 Å². The Morgan fingerprint density at radius 2 is 1.87 bits per heavy atom. The van der Waals surface area contributed by atoms with Gasteiger partial charge >= 0.3 is 5.97 Å². The Morgan fingerprint density at radius 1 is 1.13 bits per heavy atom. The zero-order chi connectivity index (χ0) is 16.7. The van der Waals surface area contributed by atoms with Gasteiger partial charge in [0.1, 0.15) is 5.82 Å². The summed E-state index contributed by atoms with van der Waals surface area (Å²) in [6.45, 7) is 2.05. The average molecular weight is 315 g/mol. The Labute approximate surface area is 134 Å². The summed E-state index contributed by atoms with van der Waals surface area (Å²) in [5.41, 5.74) is 1.19. The standard InChI is InChI=1S/C18H18FNO3/c1-13(14-6-3-2-4-7-14)11-20-17(21)12-23-18(22)15-8-5-9-16(19)10-15/h2-10,13H,11-12H2,1H3,(H,20,21)/t13-/m1/s1. The molecule has 0 aliphatic heterocycles. The molecule has 2 aromatic carbocycles. The molecule has 0 radical (unpaired) electrons. The van der Waals surface area contributed by atoms with Crippen LogP contribution >= 0.6 is 0 Å². The van der Waals surface area contributed by atoms with Crippen molar-refractivity contribution < 1.29 is 18.7 Å². The first-order chi connectivity index (χ1) is 11.1. The number of carbonyl (C=O) groups excluding carboxylic acids is 2. The van der Waals surface area contributed by atoms with Crippen LogP contribution in [0.2, 0.25) is 0 Å². The van der Waals surface area contributed by atoms with E-state index in [1.54, 1.807) is 0 Å². The van der Waals surface area contributed by atoms with Crippen LogP contribution in [0.4, 0.5) is 4.39 Å². The number of benzene rings is 2. The monoisotopic (exact) mass is 315 g/mol. The number of nitrogens with one attached hydrogen (secondary N) is 1. The van der Waals surface area contributed by atoms with Gasteiger partial charge in [-0.3, -0.25) is 4.79 Å². The van der Waals surface area contributed by atoms with Gasteiger partial charge in [-0.05, 0) is 29.7 Å². The second-order valence-corrected chi connectivity index (χ2v) is 5.20. The summed E-state index contributed by atoms with van der Waals surface area (Å²) >= 11 is 0. The molecule has 0 aliphatic carbocycles. The number of esters is 1. The third-order valence-corrected chi connectivity index (χ3v) is 3.37. The van der Waals surface area contributed by atoms with E-state index in [0.717, 1.165) is 11.6 Å². The van der Waals surface area contributed by atoms with Crippen molar-refractivity contribution in [3.63, 3.8) is 0 Å². The van der Waals surface area contributed by atoms with Gasteiger partial charge in [0.15, 0.2) is 6.61 Å². The Balaban J connectivity index is 1.76. The van der Waals surface area contributed by atoms with Crippen LogP contribution in [0.1, 0.15) is 28.8 Å². The molecule has 0 heterocycles. The van der Waals surface area contributed by atoms with E-state index in [9.17, 15) is 14.0 Å². The Morgan fingerprint density at radius 3 is 2.57 bits per heavy atom. The van der Waals surface area contributed by atoms with E-state index in [0.29, 0.717) is 6.54 Å². The molecule has 1 atom stereocenters. The summed E-state index contributed by atoms with van der Waals surface area (Å²) in [4.78, 5) is 23.4. The molecule has 0 saturated carbocycles. The third-order valence-electron chi connectivity index (χ3n) is 3.37. The first-order valence-corrected chi connectivity index (χ1v) is 7.30. The molecule has 0 aliphatic rings. The van der Waals surface area contributed by atoms with E-state index in [4.69, 9.17) is 4.74 Å². The Hall–Kier alpha value is -2.69. The van der Waals surface area contributed by atoms with Gasteiger partial charge in [0.05, 0.1) is 5.56 Å². The molecule has 2 rings (SSSR count). The average Bonchev–Trinajstić information content (AvgIpc) is 2.58. The molecule has 0 aromatic heterocycles. The Kier molecular flexibility index (Phi) is 5.86. The fourth-order valence-electron chi connectivity index (χ4n) is 2.05. The summed E-state index contributed by atoms with van der Waals surface area (Å²) in [6.07, 6.45) is 0. The quantitative estimate of drug-likeness (QED) is 0.834. The maximum Gasteiger partial charge on any atom is 0.338 e. The molecule has 5 heteroatoms. The minimum absolute atomic E-state index is 0.0791. The first kappa shape index (κ1) is 16.7. The van der Waals surface area contributed by atoms with E-state index in [2.05, 4.69) is 5.32 Å². The van der Waals surface area contributed by atoms with Crippen molar-refractivity contribution in [2.24, 2.45) is 0 Å². The normalized spacial score (nSPS) is 11.6. The van der Waals surface area contributed by atoms with Crippen LogP contribution in [0, 0.1) is 5.82 Å². The first-order valence-electron chi connectivity index (χ1n) is 7.30. The fourth-order valence-corrected chi connectivity index (χ4v) is 2.05. The smallest absolute Gasteiger partial charge is 0.338 e. The van der Waals surface area contributed by atoms with E-state index in [1.165, 1.54) is 18.2 Å². The van der Waals surface area contributed by atoms with E-state index in [-0.39, 0.29) is 11.5 Å². The predicted octanol–water partition coefficient (Wildman–Crippen LogP) is 2.90. The number of amides is 1. The maximum absolute atomic E-state index is 13.0. The van der Waals surface area contributed by atoms with Crippen molar-refractivity contribution in [3.05, 3.63) is 71.5 Å². The molecule has 0 spiro atoms. The van der Waals surface area contributed by atoms with Crippen molar-refractivity contribution in [1.29, 1.82) is 0 Å². The minimum Gasteiger partial charge on any atom is -0.452 e. The molecular weight excluding hydrogens is 297 g/mol. The summed E-state index contributed by atoms with van der Waals surface area (Å²) < 4.78 is 17.9. The number of halogens is 1. The van der Waals surface area contributed by atoms with Gasteiger partial charge in [0.25, 0.3) is 5.91 Å². The van der Waals surface area contributed by atoms with Gasteiger partial charge in [-0.15, -0.1) is 0 Å². The van der Waals surface area contributed by atoms with Crippen LogP contribution in [0.15, 0.2) is 54.6 Å². The van der Waals surface area contributed by atoms with Crippen LogP contribution in [0.25, 0.3) is 0 Å². The van der Waals surface area contributed by atoms with E-state index < -0.39 is 24.3 Å². The molecule has 120 valence electrons. The minimum atomic E-state index is -0.726. The molecule has 0 bridgehead atoms. The zero-order valence-corrected chi connectivity index (χ0v) is 12.8. The van der Waals surface area contributed by atoms with Crippen molar-refractivity contribution in [2.45, 2.75) is 12.8 Å². The molecule has 1 amide bonds. The van der Waals surface area contributed by atoms with Gasteiger partial charge in [-0.1, -0.05) is 43.3 Å². The summed E-state index contributed by atoms with van der Waals surface area (Å²) in [5.74, 6) is -1.49. The van der Waals surface area contributed by atoms with Crippen molar-refractivity contribution in [1.82, 2.24) is 5.32 Å². The van der Waals surface area contributed by atoms with Crippen molar-refractivity contribution in [3.8, 4) is 0 Å². The van der Waals surface area contributed by atoms with E-state index >= 15 is 0 Å². The third kappa shape index (κ3) is 5.21. The molecular formula is C18H18FNO3. The summed E-state index contributed by atoms with van der Waals surface area (Å²) in [5, 5.41) is 2.71. The van der Waals surface area contributed by atoms with Crippen LogP contribution in [-0.4, -0.2) is 25.0 Å². The molecule has 1 N–H and O–H groups in total. The number of hydrogen-bond acceptors (Lipinski definition) is 3. The van der Waals surface area contributed by atoms with Gasteiger partial charge in [-0.2, -0.15) is 0 Å². The molecule has 0 saturated heterocycles. The van der Waals surface area contributed by atoms with Gasteiger partial charge in [0, 0.05) is 6.54 Å². The SMILES string of the molecule is C[C@H](CNC(=O)COC(=O)c1cccc(F)c1)c1ccccc1. The second-order valence-electron chi connectivity index (χ2n) is 5.20. The maximum atomic E-state index is 13.0. The van der Waals surface area contributed by atoms with Crippen LogP contribution in [0.5, 0.6) is 0 Å². The lowest BCUT2D eigenvalue weighted by Crippen LogP contribution is -2.31. The van der Waals surface area contributed by atoms with Crippen LogP contribution in [-0.2, 0) is 9.53 Å². The lowest BCUT2D eigenvalue weighted by atomic mass is 10.0. The van der Waals surface area contributed by atoms with Gasteiger partial charge < -0.3 is 10.1 Å². The van der Waals surface area contributed by atoms with Crippen molar-refractivity contribution in [2.75, 3.05) is 13.2 Å². The lowest BCUT2D eigenvalue weighted by Gasteiger charge is -2.13. The molecule has 0 unspecified atom stereocenters. The molecule has 0 fully saturated rings. The highest BCUT2D eigenvalue weighted by atomic mass is 19.1. The summed E-state index contributed by atoms with van der Waals surface area (Å²) in [6, 6.07) is 14.9. The highest BCUT2D eigenvalue weighted by molar-refractivity contribution is 5.91.